The van der Waals surface area contributed by atoms with Gasteiger partial charge in [0.05, 0.1) is 12.3 Å². The SMILES string of the molecule is CCOc1ccc([C@@H](C(=O)NC2CCCCC2)N(C(=O)c2snc(C(N)=O)c2N)c2ccccc2)cc1. The molecule has 194 valence electrons. The van der Waals surface area contributed by atoms with Crippen molar-refractivity contribution in [2.45, 2.75) is 51.1 Å². The molecule has 1 fully saturated rings. The van der Waals surface area contributed by atoms with Gasteiger partial charge in [-0.1, -0.05) is 49.6 Å². The van der Waals surface area contributed by atoms with Gasteiger partial charge in [0.1, 0.15) is 16.7 Å². The second kappa shape index (κ2) is 11.9. The lowest BCUT2D eigenvalue weighted by Crippen LogP contribution is -2.47. The summed E-state index contributed by atoms with van der Waals surface area (Å²) in [7, 11) is 0. The highest BCUT2D eigenvalue weighted by Gasteiger charge is 2.36. The molecule has 0 radical (unpaired) electrons. The molecule has 1 heterocycles. The van der Waals surface area contributed by atoms with Crippen molar-refractivity contribution in [1.29, 1.82) is 0 Å². The molecule has 3 aromatic rings. The van der Waals surface area contributed by atoms with Crippen molar-refractivity contribution in [1.82, 2.24) is 9.69 Å². The number of carbonyl (C=O) groups is 3. The van der Waals surface area contributed by atoms with Crippen LogP contribution >= 0.6 is 11.5 Å². The van der Waals surface area contributed by atoms with Gasteiger partial charge < -0.3 is 21.5 Å². The van der Waals surface area contributed by atoms with Gasteiger partial charge in [-0.2, -0.15) is 4.37 Å². The summed E-state index contributed by atoms with van der Waals surface area (Å²) in [5.41, 5.74) is 12.3. The van der Waals surface area contributed by atoms with Crippen molar-refractivity contribution in [3.8, 4) is 5.75 Å². The number of nitrogens with zero attached hydrogens (tertiary/aromatic N) is 2. The summed E-state index contributed by atoms with van der Waals surface area (Å²) in [6, 6.07) is 15.0. The largest absolute Gasteiger partial charge is 0.494 e. The van der Waals surface area contributed by atoms with E-state index in [1.807, 2.05) is 13.0 Å². The first-order chi connectivity index (χ1) is 17.9. The summed E-state index contributed by atoms with van der Waals surface area (Å²) in [5.74, 6) is -1.01. The van der Waals surface area contributed by atoms with Crippen LogP contribution in [0.1, 0.15) is 70.8 Å². The van der Waals surface area contributed by atoms with Gasteiger partial charge in [0.25, 0.3) is 11.8 Å². The molecule has 1 aromatic heterocycles. The van der Waals surface area contributed by atoms with Crippen molar-refractivity contribution in [2.24, 2.45) is 5.73 Å². The number of benzene rings is 2. The summed E-state index contributed by atoms with van der Waals surface area (Å²) in [4.78, 5) is 41.2. The second-order valence-electron chi connectivity index (χ2n) is 8.90. The molecule has 0 spiro atoms. The Bertz CT molecular complexity index is 1240. The highest BCUT2D eigenvalue weighted by molar-refractivity contribution is 7.09. The van der Waals surface area contributed by atoms with Crippen LogP contribution in [-0.2, 0) is 4.79 Å². The fourth-order valence-corrected chi connectivity index (χ4v) is 5.31. The maximum atomic E-state index is 14.0. The van der Waals surface area contributed by atoms with Crippen molar-refractivity contribution in [3.05, 3.63) is 70.7 Å². The third-order valence-corrected chi connectivity index (χ3v) is 7.22. The van der Waals surface area contributed by atoms with Gasteiger partial charge in [-0.25, -0.2) is 0 Å². The monoisotopic (exact) mass is 521 g/mol. The number of nitrogen functional groups attached to an aromatic ring is 1. The molecule has 10 heteroatoms. The molecule has 0 bridgehead atoms. The van der Waals surface area contributed by atoms with Gasteiger partial charge >= 0.3 is 0 Å². The van der Waals surface area contributed by atoms with Crippen LogP contribution in [0, 0.1) is 0 Å². The zero-order valence-corrected chi connectivity index (χ0v) is 21.5. The molecule has 0 saturated heterocycles. The Morgan fingerprint density at radius 1 is 1.08 bits per heavy atom. The van der Waals surface area contributed by atoms with E-state index in [1.165, 1.54) is 4.90 Å². The maximum absolute atomic E-state index is 14.0. The molecule has 37 heavy (non-hydrogen) atoms. The van der Waals surface area contributed by atoms with Crippen molar-refractivity contribution >= 4 is 40.6 Å². The van der Waals surface area contributed by atoms with Crippen molar-refractivity contribution in [2.75, 3.05) is 17.2 Å². The lowest BCUT2D eigenvalue weighted by Gasteiger charge is -2.33. The van der Waals surface area contributed by atoms with E-state index in [-0.39, 0.29) is 28.2 Å². The predicted octanol–water partition coefficient (Wildman–Crippen LogP) is 4.06. The number of amides is 3. The molecule has 3 amide bonds. The van der Waals surface area contributed by atoms with E-state index in [9.17, 15) is 14.4 Å². The zero-order chi connectivity index (χ0) is 26.4. The summed E-state index contributed by atoms with van der Waals surface area (Å²) < 4.78 is 9.57. The van der Waals surface area contributed by atoms with E-state index in [0.29, 0.717) is 23.6 Å². The van der Waals surface area contributed by atoms with Gasteiger partial charge in [-0.05, 0) is 61.1 Å². The number of nitrogens with one attached hydrogen (secondary N) is 1. The van der Waals surface area contributed by atoms with E-state index in [0.717, 1.165) is 43.6 Å². The quantitative estimate of drug-likeness (QED) is 0.388. The van der Waals surface area contributed by atoms with E-state index in [2.05, 4.69) is 9.69 Å². The number of nitrogens with two attached hydrogens (primary N) is 2. The Balaban J connectivity index is 1.80. The number of aromatic nitrogens is 1. The number of primary amides is 1. The molecule has 5 N–H and O–H groups in total. The highest BCUT2D eigenvalue weighted by Crippen LogP contribution is 2.34. The molecule has 1 aliphatic rings. The lowest BCUT2D eigenvalue weighted by molar-refractivity contribution is -0.123. The Hall–Kier alpha value is -3.92. The van der Waals surface area contributed by atoms with Crippen LogP contribution in [0.15, 0.2) is 54.6 Å². The summed E-state index contributed by atoms with van der Waals surface area (Å²) in [5, 5.41) is 3.17. The van der Waals surface area contributed by atoms with Crippen LogP contribution in [0.3, 0.4) is 0 Å². The molecule has 2 aromatic carbocycles. The van der Waals surface area contributed by atoms with Crippen LogP contribution in [0.25, 0.3) is 0 Å². The maximum Gasteiger partial charge on any atom is 0.273 e. The predicted molar refractivity (Wildman–Crippen MR) is 144 cm³/mol. The van der Waals surface area contributed by atoms with Crippen LogP contribution < -0.4 is 26.4 Å². The Labute approximate surface area is 220 Å². The molecular formula is C27H31N5O4S. The molecule has 1 aliphatic carbocycles. The van der Waals surface area contributed by atoms with Crippen LogP contribution in [0.4, 0.5) is 11.4 Å². The van der Waals surface area contributed by atoms with E-state index in [4.69, 9.17) is 16.2 Å². The van der Waals surface area contributed by atoms with Gasteiger partial charge in [-0.3, -0.25) is 19.3 Å². The van der Waals surface area contributed by atoms with Crippen LogP contribution in [-0.4, -0.2) is 34.7 Å². The number of anilines is 2. The van der Waals surface area contributed by atoms with Gasteiger partial charge in [0.15, 0.2) is 5.69 Å². The molecular weight excluding hydrogens is 490 g/mol. The first kappa shape index (κ1) is 26.2. The first-order valence-corrected chi connectivity index (χ1v) is 13.1. The number of ether oxygens (including phenoxy) is 1. The van der Waals surface area contributed by atoms with Crippen molar-refractivity contribution in [3.63, 3.8) is 0 Å². The minimum absolute atomic E-state index is 0.0362. The summed E-state index contributed by atoms with van der Waals surface area (Å²) in [6.45, 7) is 2.40. The Morgan fingerprint density at radius 3 is 2.35 bits per heavy atom. The average Bonchev–Trinajstić information content (AvgIpc) is 3.30. The summed E-state index contributed by atoms with van der Waals surface area (Å²) in [6.07, 6.45) is 5.03. The normalized spacial score (nSPS) is 14.5. The average molecular weight is 522 g/mol. The number of hydrogen-bond acceptors (Lipinski definition) is 7. The molecule has 9 nitrogen and oxygen atoms in total. The fourth-order valence-electron chi connectivity index (χ4n) is 4.57. The van der Waals surface area contributed by atoms with Crippen LogP contribution in [0.2, 0.25) is 0 Å². The van der Waals surface area contributed by atoms with Crippen LogP contribution in [0.5, 0.6) is 5.75 Å². The summed E-state index contributed by atoms with van der Waals surface area (Å²) >= 11 is 0.786. The number of hydrogen-bond donors (Lipinski definition) is 3. The molecule has 0 aliphatic heterocycles. The number of carbonyl (C=O) groups excluding carboxylic acids is 3. The fraction of sp³-hybridized carbons (Fsp3) is 0.333. The van der Waals surface area contributed by atoms with Crippen molar-refractivity contribution < 1.29 is 19.1 Å². The minimum atomic E-state index is -1.01. The zero-order valence-electron chi connectivity index (χ0n) is 20.7. The smallest absolute Gasteiger partial charge is 0.273 e. The van der Waals surface area contributed by atoms with E-state index >= 15 is 0 Å². The van der Waals surface area contributed by atoms with Gasteiger partial charge in [0, 0.05) is 11.7 Å². The molecule has 1 saturated carbocycles. The highest BCUT2D eigenvalue weighted by atomic mass is 32.1. The number of para-hydroxylation sites is 1. The first-order valence-electron chi connectivity index (χ1n) is 12.4. The lowest BCUT2D eigenvalue weighted by atomic mass is 9.94. The van der Waals surface area contributed by atoms with E-state index < -0.39 is 17.9 Å². The van der Waals surface area contributed by atoms with Gasteiger partial charge in [-0.15, -0.1) is 0 Å². The molecule has 0 unspecified atom stereocenters. The Kier molecular flexibility index (Phi) is 8.39. The second-order valence-corrected chi connectivity index (χ2v) is 9.67. The molecule has 4 rings (SSSR count). The standard InChI is InChI=1S/C27H31N5O4S/c1-2-36-20-15-13-17(14-16-20)23(26(34)30-18-9-5-3-6-10-18)32(19-11-7-4-8-12-19)27(35)24-21(28)22(25(29)33)31-37-24/h4,7-8,11-16,18,23H,2-3,5-6,9-10,28H2,1H3,(H2,29,33)(H,30,34)/t23-/m0/s1. The third kappa shape index (κ3) is 5.91. The topological polar surface area (TPSA) is 141 Å². The third-order valence-electron chi connectivity index (χ3n) is 6.37. The number of rotatable bonds is 9. The Morgan fingerprint density at radius 2 is 1.76 bits per heavy atom. The molecule has 1 atom stereocenters. The van der Waals surface area contributed by atoms with Gasteiger partial charge in [0.2, 0.25) is 5.91 Å². The minimum Gasteiger partial charge on any atom is -0.494 e. The van der Waals surface area contributed by atoms with E-state index in [1.54, 1.807) is 48.5 Å².